The van der Waals surface area contributed by atoms with E-state index in [2.05, 4.69) is 70.9 Å². The second-order valence-electron chi connectivity index (χ2n) is 6.98. The first-order chi connectivity index (χ1) is 12.0. The van der Waals surface area contributed by atoms with Gasteiger partial charge in [0.25, 0.3) is 0 Å². The maximum atomic E-state index is 12.1. The highest BCUT2D eigenvalue weighted by Crippen LogP contribution is 2.15. The lowest BCUT2D eigenvalue weighted by atomic mass is 9.97. The van der Waals surface area contributed by atoms with E-state index in [-0.39, 0.29) is 11.6 Å². The molecular formula is C20H29N3OS. The average molecular weight is 360 g/mol. The maximum Gasteiger partial charge on any atom is 0.315 e. The van der Waals surface area contributed by atoms with E-state index in [4.69, 9.17) is 0 Å². The van der Waals surface area contributed by atoms with Crippen LogP contribution in [0.4, 0.5) is 4.79 Å². The third kappa shape index (κ3) is 6.88. The van der Waals surface area contributed by atoms with E-state index in [9.17, 15) is 4.79 Å². The molecule has 0 spiro atoms. The number of aryl methyl sites for hydroxylation is 1. The molecule has 0 saturated heterocycles. The van der Waals surface area contributed by atoms with Gasteiger partial charge in [0.05, 0.1) is 0 Å². The van der Waals surface area contributed by atoms with Gasteiger partial charge in [0.15, 0.2) is 0 Å². The minimum absolute atomic E-state index is 0.0938. The summed E-state index contributed by atoms with van der Waals surface area (Å²) >= 11 is 1.69. The van der Waals surface area contributed by atoms with Crippen LogP contribution in [0, 0.1) is 0 Å². The molecular weight excluding hydrogens is 330 g/mol. The highest BCUT2D eigenvalue weighted by Gasteiger charge is 2.20. The van der Waals surface area contributed by atoms with E-state index in [0.29, 0.717) is 6.54 Å². The van der Waals surface area contributed by atoms with Crippen LogP contribution < -0.4 is 16.0 Å². The Labute approximate surface area is 155 Å². The molecule has 2 rings (SSSR count). The molecule has 5 heteroatoms. The van der Waals surface area contributed by atoms with Gasteiger partial charge in [-0.3, -0.25) is 0 Å². The van der Waals surface area contributed by atoms with Crippen molar-refractivity contribution in [3.8, 4) is 0 Å². The summed E-state index contributed by atoms with van der Waals surface area (Å²) in [7, 11) is 1.96. The number of thiophene rings is 1. The zero-order valence-corrected chi connectivity index (χ0v) is 16.2. The number of hydrogen-bond donors (Lipinski definition) is 3. The maximum absolute atomic E-state index is 12.1. The standard InChI is InChI=1S/C20H29N3OS/c1-20(2,13-16-10-12-25-15-16)23-19(24)22-11-6-9-17-7-4-5-8-18(17)14-21-3/h4-5,7-8,10,12,15,21H,6,9,11,13-14H2,1-3H3,(H2,22,23,24). The first kappa shape index (κ1) is 19.5. The summed E-state index contributed by atoms with van der Waals surface area (Å²) in [6.45, 7) is 5.66. The van der Waals surface area contributed by atoms with E-state index in [1.807, 2.05) is 7.05 Å². The largest absolute Gasteiger partial charge is 0.338 e. The highest BCUT2D eigenvalue weighted by molar-refractivity contribution is 7.07. The zero-order valence-electron chi connectivity index (χ0n) is 15.4. The van der Waals surface area contributed by atoms with Crippen molar-refractivity contribution < 1.29 is 4.79 Å². The molecule has 1 heterocycles. The molecule has 25 heavy (non-hydrogen) atoms. The van der Waals surface area contributed by atoms with Gasteiger partial charge in [0.1, 0.15) is 0 Å². The predicted octanol–water partition coefficient (Wildman–Crippen LogP) is 3.72. The van der Waals surface area contributed by atoms with Crippen molar-refractivity contribution in [1.29, 1.82) is 0 Å². The first-order valence-electron chi connectivity index (χ1n) is 8.78. The van der Waals surface area contributed by atoms with Gasteiger partial charge >= 0.3 is 6.03 Å². The van der Waals surface area contributed by atoms with E-state index in [0.717, 1.165) is 25.8 Å². The van der Waals surface area contributed by atoms with Crippen molar-refractivity contribution in [1.82, 2.24) is 16.0 Å². The SMILES string of the molecule is CNCc1ccccc1CCCNC(=O)NC(C)(C)Cc1ccsc1. The van der Waals surface area contributed by atoms with E-state index in [1.54, 1.807) is 11.3 Å². The Kier molecular flexibility index (Phi) is 7.47. The van der Waals surface area contributed by atoms with Crippen LogP contribution in [-0.4, -0.2) is 25.2 Å². The Bertz CT molecular complexity index is 653. The smallest absolute Gasteiger partial charge is 0.315 e. The molecule has 0 bridgehead atoms. The summed E-state index contributed by atoms with van der Waals surface area (Å²) in [5, 5.41) is 13.4. The number of carbonyl (C=O) groups is 1. The minimum Gasteiger partial charge on any atom is -0.338 e. The number of benzene rings is 1. The van der Waals surface area contributed by atoms with E-state index in [1.165, 1.54) is 16.7 Å². The summed E-state index contributed by atoms with van der Waals surface area (Å²) in [4.78, 5) is 12.1. The van der Waals surface area contributed by atoms with Crippen molar-refractivity contribution in [2.45, 2.75) is 45.2 Å². The molecule has 1 aromatic heterocycles. The molecule has 0 saturated carbocycles. The Morgan fingerprint density at radius 3 is 2.60 bits per heavy atom. The van der Waals surface area contributed by atoms with Crippen molar-refractivity contribution in [2.75, 3.05) is 13.6 Å². The summed E-state index contributed by atoms with van der Waals surface area (Å²) in [6.07, 6.45) is 2.73. The Hall–Kier alpha value is -1.85. The van der Waals surface area contributed by atoms with Crippen LogP contribution in [0.15, 0.2) is 41.1 Å². The van der Waals surface area contributed by atoms with E-state index < -0.39 is 0 Å². The molecule has 3 N–H and O–H groups in total. The van der Waals surface area contributed by atoms with Crippen LogP contribution in [0.1, 0.15) is 37.0 Å². The van der Waals surface area contributed by atoms with Gasteiger partial charge in [-0.15, -0.1) is 0 Å². The predicted molar refractivity (Wildman–Crippen MR) is 106 cm³/mol. The minimum atomic E-state index is -0.259. The average Bonchev–Trinajstić information content (AvgIpc) is 3.05. The quantitative estimate of drug-likeness (QED) is 0.598. The highest BCUT2D eigenvalue weighted by atomic mass is 32.1. The molecule has 1 aromatic carbocycles. The van der Waals surface area contributed by atoms with Gasteiger partial charge in [-0.2, -0.15) is 11.3 Å². The summed E-state index contributed by atoms with van der Waals surface area (Å²) < 4.78 is 0. The molecule has 0 atom stereocenters. The molecule has 0 unspecified atom stereocenters. The monoisotopic (exact) mass is 359 g/mol. The van der Waals surface area contributed by atoms with Crippen molar-refractivity contribution in [3.63, 3.8) is 0 Å². The normalized spacial score (nSPS) is 11.3. The Balaban J connectivity index is 1.72. The summed E-state index contributed by atoms with van der Waals surface area (Å²) in [5.74, 6) is 0. The third-order valence-corrected chi connectivity index (χ3v) is 4.80. The van der Waals surface area contributed by atoms with Crippen LogP contribution in [-0.2, 0) is 19.4 Å². The van der Waals surface area contributed by atoms with Crippen LogP contribution in [0.25, 0.3) is 0 Å². The van der Waals surface area contributed by atoms with Gasteiger partial charge in [-0.1, -0.05) is 24.3 Å². The number of hydrogen-bond acceptors (Lipinski definition) is 3. The van der Waals surface area contributed by atoms with Gasteiger partial charge < -0.3 is 16.0 Å². The second-order valence-corrected chi connectivity index (χ2v) is 7.76. The first-order valence-corrected chi connectivity index (χ1v) is 9.73. The van der Waals surface area contributed by atoms with Crippen LogP contribution >= 0.6 is 11.3 Å². The molecule has 4 nitrogen and oxygen atoms in total. The van der Waals surface area contributed by atoms with Crippen molar-refractivity contribution in [3.05, 3.63) is 57.8 Å². The third-order valence-electron chi connectivity index (χ3n) is 4.07. The Morgan fingerprint density at radius 1 is 1.16 bits per heavy atom. The number of nitrogens with one attached hydrogen (secondary N) is 3. The number of urea groups is 1. The van der Waals surface area contributed by atoms with Crippen LogP contribution in [0.3, 0.4) is 0 Å². The molecule has 0 aliphatic heterocycles. The number of rotatable bonds is 9. The van der Waals surface area contributed by atoms with Gasteiger partial charge in [0, 0.05) is 18.6 Å². The lowest BCUT2D eigenvalue weighted by molar-refractivity contribution is 0.229. The molecule has 0 fully saturated rings. The summed E-state index contributed by atoms with van der Waals surface area (Å²) in [6, 6.07) is 10.5. The number of carbonyl (C=O) groups excluding carboxylic acids is 1. The Morgan fingerprint density at radius 2 is 1.92 bits per heavy atom. The molecule has 0 radical (unpaired) electrons. The summed E-state index contributed by atoms with van der Waals surface area (Å²) in [5.41, 5.74) is 3.67. The topological polar surface area (TPSA) is 53.2 Å². The van der Waals surface area contributed by atoms with E-state index >= 15 is 0 Å². The molecule has 136 valence electrons. The molecule has 0 aliphatic carbocycles. The van der Waals surface area contributed by atoms with Crippen molar-refractivity contribution in [2.24, 2.45) is 0 Å². The van der Waals surface area contributed by atoms with Crippen molar-refractivity contribution >= 4 is 17.4 Å². The van der Waals surface area contributed by atoms with Gasteiger partial charge in [-0.25, -0.2) is 4.79 Å². The lowest BCUT2D eigenvalue weighted by Crippen LogP contribution is -2.49. The van der Waals surface area contributed by atoms with Gasteiger partial charge in [-0.05, 0) is 73.7 Å². The molecule has 2 amide bonds. The molecule has 0 aliphatic rings. The molecule has 2 aromatic rings. The second kappa shape index (κ2) is 9.59. The van der Waals surface area contributed by atoms with Crippen LogP contribution in [0.5, 0.6) is 0 Å². The fourth-order valence-corrected chi connectivity index (χ4v) is 3.61. The lowest BCUT2D eigenvalue weighted by Gasteiger charge is -2.26. The van der Waals surface area contributed by atoms with Crippen LogP contribution in [0.2, 0.25) is 0 Å². The number of amides is 2. The fraction of sp³-hybridized carbons (Fsp3) is 0.450. The zero-order chi connectivity index (χ0) is 18.1. The van der Waals surface area contributed by atoms with Gasteiger partial charge in [0.2, 0.25) is 0 Å². The fourth-order valence-electron chi connectivity index (χ4n) is 2.94.